The van der Waals surface area contributed by atoms with Gasteiger partial charge in [-0.3, -0.25) is 4.79 Å². The first kappa shape index (κ1) is 25.8. The number of rotatable bonds is 7. The number of aliphatic carboxylic acids is 1. The number of amides is 1. The Morgan fingerprint density at radius 2 is 1.54 bits per heavy atom. The molecule has 190 valence electrons. The van der Waals surface area contributed by atoms with Gasteiger partial charge in [0.25, 0.3) is 11.8 Å². The smallest absolute Gasteiger partial charge is 0.326 e. The highest BCUT2D eigenvalue weighted by molar-refractivity contribution is 5.96. The summed E-state index contributed by atoms with van der Waals surface area (Å²) >= 11 is 0. The van der Waals surface area contributed by atoms with E-state index in [9.17, 15) is 14.7 Å². The van der Waals surface area contributed by atoms with Crippen molar-refractivity contribution in [1.29, 1.82) is 0 Å². The molecule has 0 spiro atoms. The molecule has 0 saturated heterocycles. The summed E-state index contributed by atoms with van der Waals surface area (Å²) in [5, 5.41) is 16.5. The molecule has 2 N–H and O–H groups in total. The third-order valence-corrected chi connectivity index (χ3v) is 6.16. The van der Waals surface area contributed by atoms with E-state index in [1.165, 1.54) is 0 Å². The van der Waals surface area contributed by atoms with E-state index in [0.29, 0.717) is 17.3 Å². The van der Waals surface area contributed by atoms with Crippen molar-refractivity contribution in [3.63, 3.8) is 0 Å². The summed E-state index contributed by atoms with van der Waals surface area (Å²) in [6.07, 6.45) is 0.140. The number of carbonyl (C=O) groups excluding carboxylic acids is 1. The standard InChI is InChI=1S/C30H31N3O4/c1-18-14-19(2)16-23(15-18)28-32-26(33-37-28)21-8-6-20(7-9-21)17-25(29(35)36)31-27(34)22-10-12-24(13-11-22)30(3,4)5/h6-16,25H,17H2,1-5H3,(H,31,34)(H,35,36)/t25-/m0/s1. The monoisotopic (exact) mass is 497 g/mol. The summed E-state index contributed by atoms with van der Waals surface area (Å²) in [6, 6.07) is 19.5. The van der Waals surface area contributed by atoms with Crippen LogP contribution in [0.4, 0.5) is 0 Å². The average Bonchev–Trinajstić information content (AvgIpc) is 3.33. The first-order valence-corrected chi connectivity index (χ1v) is 12.2. The molecule has 0 bridgehead atoms. The minimum atomic E-state index is -1.10. The maximum Gasteiger partial charge on any atom is 0.326 e. The van der Waals surface area contributed by atoms with Gasteiger partial charge < -0.3 is 14.9 Å². The average molecular weight is 498 g/mol. The highest BCUT2D eigenvalue weighted by atomic mass is 16.5. The number of hydrogen-bond acceptors (Lipinski definition) is 5. The van der Waals surface area contributed by atoms with Gasteiger partial charge in [-0.15, -0.1) is 0 Å². The van der Waals surface area contributed by atoms with Gasteiger partial charge in [-0.25, -0.2) is 4.79 Å². The second kappa shape index (κ2) is 10.4. The number of carboxylic acid groups (broad SMARTS) is 1. The maximum absolute atomic E-state index is 12.7. The lowest BCUT2D eigenvalue weighted by Gasteiger charge is -2.19. The second-order valence-electron chi connectivity index (χ2n) is 10.4. The fourth-order valence-corrected chi connectivity index (χ4v) is 4.15. The zero-order valence-corrected chi connectivity index (χ0v) is 21.7. The Balaban J connectivity index is 1.44. The molecule has 1 amide bonds. The van der Waals surface area contributed by atoms with E-state index in [1.807, 2.05) is 62.4 Å². The molecule has 37 heavy (non-hydrogen) atoms. The molecule has 7 nitrogen and oxygen atoms in total. The van der Waals surface area contributed by atoms with E-state index in [-0.39, 0.29) is 11.8 Å². The van der Waals surface area contributed by atoms with Crippen LogP contribution < -0.4 is 5.32 Å². The van der Waals surface area contributed by atoms with Crippen molar-refractivity contribution in [2.45, 2.75) is 52.5 Å². The van der Waals surface area contributed by atoms with Crippen molar-refractivity contribution in [3.05, 3.63) is 94.5 Å². The van der Waals surface area contributed by atoms with E-state index in [2.05, 4.69) is 42.3 Å². The van der Waals surface area contributed by atoms with Gasteiger partial charge in [-0.2, -0.15) is 4.98 Å². The van der Waals surface area contributed by atoms with Crippen LogP contribution >= 0.6 is 0 Å². The molecule has 1 aromatic heterocycles. The quantitative estimate of drug-likeness (QED) is 0.337. The third kappa shape index (κ3) is 6.30. The van der Waals surface area contributed by atoms with Crippen molar-refractivity contribution in [2.24, 2.45) is 0 Å². The van der Waals surface area contributed by atoms with Gasteiger partial charge in [0.1, 0.15) is 6.04 Å². The van der Waals surface area contributed by atoms with Crippen LogP contribution in [0.15, 0.2) is 71.3 Å². The Bertz CT molecular complexity index is 1390. The van der Waals surface area contributed by atoms with Crippen molar-refractivity contribution in [1.82, 2.24) is 15.5 Å². The molecular weight excluding hydrogens is 466 g/mol. The summed E-state index contributed by atoms with van der Waals surface area (Å²) in [7, 11) is 0. The van der Waals surface area contributed by atoms with Crippen LogP contribution in [-0.2, 0) is 16.6 Å². The largest absolute Gasteiger partial charge is 0.480 e. The molecule has 7 heteroatoms. The van der Waals surface area contributed by atoms with E-state index in [4.69, 9.17) is 4.52 Å². The maximum atomic E-state index is 12.7. The zero-order valence-electron chi connectivity index (χ0n) is 21.7. The van der Waals surface area contributed by atoms with Crippen LogP contribution in [0.3, 0.4) is 0 Å². The molecule has 0 aliphatic carbocycles. The van der Waals surface area contributed by atoms with Gasteiger partial charge in [0.15, 0.2) is 0 Å². The Hall–Kier alpha value is -4.26. The fraction of sp³-hybridized carbons (Fsp3) is 0.267. The number of hydrogen-bond donors (Lipinski definition) is 2. The fourth-order valence-electron chi connectivity index (χ4n) is 4.15. The predicted molar refractivity (Wildman–Crippen MR) is 142 cm³/mol. The molecule has 3 aromatic carbocycles. The lowest BCUT2D eigenvalue weighted by atomic mass is 9.86. The normalized spacial score (nSPS) is 12.2. The van der Waals surface area contributed by atoms with Gasteiger partial charge in [-0.1, -0.05) is 79.5 Å². The molecule has 1 heterocycles. The molecule has 0 fully saturated rings. The number of carboxylic acids is 1. The van der Waals surface area contributed by atoms with Gasteiger partial charge in [-0.05, 0) is 54.7 Å². The highest BCUT2D eigenvalue weighted by Gasteiger charge is 2.22. The Morgan fingerprint density at radius 1 is 0.919 bits per heavy atom. The van der Waals surface area contributed by atoms with E-state index >= 15 is 0 Å². The molecule has 0 radical (unpaired) electrons. The summed E-state index contributed by atoms with van der Waals surface area (Å²) < 4.78 is 5.47. The molecular formula is C30H31N3O4. The summed E-state index contributed by atoms with van der Waals surface area (Å²) in [5.41, 5.74) is 6.08. The number of benzene rings is 3. The Morgan fingerprint density at radius 3 is 2.11 bits per heavy atom. The second-order valence-corrected chi connectivity index (χ2v) is 10.4. The number of nitrogens with zero attached hydrogens (tertiary/aromatic N) is 2. The minimum Gasteiger partial charge on any atom is -0.480 e. The number of nitrogens with one attached hydrogen (secondary N) is 1. The van der Waals surface area contributed by atoms with Crippen LogP contribution in [0.25, 0.3) is 22.8 Å². The minimum absolute atomic E-state index is 0.0343. The van der Waals surface area contributed by atoms with Crippen LogP contribution in [0.5, 0.6) is 0 Å². The third-order valence-electron chi connectivity index (χ3n) is 6.16. The Kier molecular flexibility index (Phi) is 7.25. The van der Waals surface area contributed by atoms with Crippen molar-refractivity contribution >= 4 is 11.9 Å². The van der Waals surface area contributed by atoms with Crippen molar-refractivity contribution in [2.75, 3.05) is 0 Å². The molecule has 4 aromatic rings. The highest BCUT2D eigenvalue weighted by Crippen LogP contribution is 2.25. The summed E-state index contributed by atoms with van der Waals surface area (Å²) in [5.74, 6) is -0.632. The van der Waals surface area contributed by atoms with Gasteiger partial charge >= 0.3 is 5.97 Å². The Labute approximate surface area is 216 Å². The first-order valence-electron chi connectivity index (χ1n) is 12.2. The molecule has 0 aliphatic heterocycles. The van der Waals surface area contributed by atoms with E-state index < -0.39 is 17.9 Å². The number of aromatic nitrogens is 2. The van der Waals surface area contributed by atoms with Crippen LogP contribution in [0.1, 0.15) is 53.4 Å². The van der Waals surface area contributed by atoms with E-state index in [0.717, 1.165) is 33.4 Å². The SMILES string of the molecule is Cc1cc(C)cc(-c2nc(-c3ccc(C[C@H](NC(=O)c4ccc(C(C)(C)C)cc4)C(=O)O)cc3)no2)c1. The zero-order chi connectivity index (χ0) is 26.7. The lowest BCUT2D eigenvalue weighted by Crippen LogP contribution is -2.42. The topological polar surface area (TPSA) is 105 Å². The molecule has 4 rings (SSSR count). The van der Waals surface area contributed by atoms with Gasteiger partial charge in [0.2, 0.25) is 5.82 Å². The van der Waals surface area contributed by atoms with Crippen LogP contribution in [0, 0.1) is 13.8 Å². The van der Waals surface area contributed by atoms with Crippen molar-refractivity contribution < 1.29 is 19.2 Å². The summed E-state index contributed by atoms with van der Waals surface area (Å²) in [4.78, 5) is 29.1. The van der Waals surface area contributed by atoms with Gasteiger partial charge in [0, 0.05) is 23.1 Å². The van der Waals surface area contributed by atoms with Crippen LogP contribution in [-0.4, -0.2) is 33.2 Å². The number of aryl methyl sites for hydroxylation is 2. The summed E-state index contributed by atoms with van der Waals surface area (Å²) in [6.45, 7) is 10.3. The lowest BCUT2D eigenvalue weighted by molar-refractivity contribution is -0.139. The van der Waals surface area contributed by atoms with Gasteiger partial charge in [0.05, 0.1) is 0 Å². The van der Waals surface area contributed by atoms with E-state index in [1.54, 1.807) is 12.1 Å². The molecule has 0 unspecified atom stereocenters. The number of carbonyl (C=O) groups is 2. The molecule has 0 aliphatic rings. The molecule has 0 saturated carbocycles. The first-order chi connectivity index (χ1) is 17.5. The van der Waals surface area contributed by atoms with Crippen LogP contribution in [0.2, 0.25) is 0 Å². The predicted octanol–water partition coefficient (Wildman–Crippen LogP) is 5.74. The molecule has 1 atom stereocenters. The van der Waals surface area contributed by atoms with Crippen molar-refractivity contribution in [3.8, 4) is 22.8 Å².